The van der Waals surface area contributed by atoms with Crippen LogP contribution >= 0.6 is 0 Å². The Balaban J connectivity index is 2.74. The Morgan fingerprint density at radius 1 is 0.952 bits per heavy atom. The Morgan fingerprint density at radius 2 is 1.43 bits per heavy atom. The summed E-state index contributed by atoms with van der Waals surface area (Å²) in [7, 11) is 0. The number of rotatable bonds is 5. The Morgan fingerprint density at radius 3 is 1.81 bits per heavy atom. The highest BCUT2D eigenvalue weighted by molar-refractivity contribution is 4.84. The van der Waals surface area contributed by atoms with Gasteiger partial charge in [-0.3, -0.25) is 0 Å². The van der Waals surface area contributed by atoms with Crippen molar-refractivity contribution < 1.29 is 19.6 Å². The molecule has 0 saturated heterocycles. The van der Waals surface area contributed by atoms with Crippen molar-refractivity contribution >= 4 is 0 Å². The van der Waals surface area contributed by atoms with Gasteiger partial charge in [-0.1, -0.05) is 26.7 Å². The molecule has 0 spiro atoms. The molecule has 1 fully saturated rings. The molecule has 0 aromatic rings. The van der Waals surface area contributed by atoms with Gasteiger partial charge in [0.1, 0.15) is 0 Å². The Hall–Kier alpha value is -0.160. The molecule has 4 nitrogen and oxygen atoms in total. The highest BCUT2D eigenvalue weighted by Gasteiger charge is 2.42. The first-order chi connectivity index (χ1) is 9.41. The van der Waals surface area contributed by atoms with Crippen molar-refractivity contribution in [3.05, 3.63) is 0 Å². The van der Waals surface area contributed by atoms with E-state index in [9.17, 15) is 0 Å². The first-order valence-corrected chi connectivity index (χ1v) is 8.10. The van der Waals surface area contributed by atoms with E-state index in [4.69, 9.17) is 19.6 Å². The van der Waals surface area contributed by atoms with Crippen LogP contribution in [0.4, 0.5) is 0 Å². The van der Waals surface area contributed by atoms with Gasteiger partial charge in [-0.25, -0.2) is 19.6 Å². The highest BCUT2D eigenvalue weighted by Crippen LogP contribution is 2.43. The molecule has 0 amide bonds. The molecule has 21 heavy (non-hydrogen) atoms. The van der Waals surface area contributed by atoms with Crippen molar-refractivity contribution in [1.82, 2.24) is 0 Å². The lowest BCUT2D eigenvalue weighted by Gasteiger charge is -2.41. The third kappa shape index (κ3) is 7.09. The molecule has 1 aliphatic rings. The van der Waals surface area contributed by atoms with Gasteiger partial charge in [0.2, 0.25) is 6.29 Å². The number of hydrogen-bond acceptors (Lipinski definition) is 4. The summed E-state index contributed by atoms with van der Waals surface area (Å²) in [4.78, 5) is 22.3. The van der Waals surface area contributed by atoms with Crippen molar-refractivity contribution in [3.8, 4) is 0 Å². The fourth-order valence-corrected chi connectivity index (χ4v) is 2.69. The lowest BCUT2D eigenvalue weighted by atomic mass is 9.71. The monoisotopic (exact) mass is 302 g/mol. The minimum Gasteiger partial charge on any atom is -0.228 e. The smallest absolute Gasteiger partial charge is 0.228 e. The first-order valence-electron chi connectivity index (χ1n) is 8.10. The molecule has 0 aromatic carbocycles. The minimum atomic E-state index is -0.515. The molecular formula is C17H34O4. The Bertz CT molecular complexity index is 298. The molecule has 1 rings (SSSR count). The predicted octanol–water partition coefficient (Wildman–Crippen LogP) is 5.02. The third-order valence-electron chi connectivity index (χ3n) is 3.60. The highest BCUT2D eigenvalue weighted by atomic mass is 17.3. The van der Waals surface area contributed by atoms with Crippen molar-refractivity contribution in [2.45, 2.75) is 98.6 Å². The van der Waals surface area contributed by atoms with Gasteiger partial charge in [0.15, 0.2) is 0 Å². The summed E-state index contributed by atoms with van der Waals surface area (Å²) in [6.07, 6.45) is 4.05. The molecule has 0 radical (unpaired) electrons. The van der Waals surface area contributed by atoms with E-state index >= 15 is 0 Å². The standard InChI is InChI=1S/C17H34O4/c1-13-10-9-11-17(8,12-13)14(18-20-15(2,3)4)19-21-16(5,6)7/h13-14H,9-12H2,1-8H3. The second-order valence-electron chi connectivity index (χ2n) is 8.77. The van der Waals surface area contributed by atoms with Crippen LogP contribution in [0, 0.1) is 11.3 Å². The van der Waals surface area contributed by atoms with E-state index in [0.29, 0.717) is 5.92 Å². The summed E-state index contributed by atoms with van der Waals surface area (Å²) in [5, 5.41) is 0. The van der Waals surface area contributed by atoms with Crippen molar-refractivity contribution in [3.63, 3.8) is 0 Å². The van der Waals surface area contributed by atoms with Crippen LogP contribution in [-0.2, 0) is 19.6 Å². The van der Waals surface area contributed by atoms with Crippen LogP contribution < -0.4 is 0 Å². The van der Waals surface area contributed by atoms with E-state index in [2.05, 4.69) is 13.8 Å². The molecule has 126 valence electrons. The summed E-state index contributed by atoms with van der Waals surface area (Å²) in [6, 6.07) is 0. The lowest BCUT2D eigenvalue weighted by molar-refractivity contribution is -0.516. The van der Waals surface area contributed by atoms with Crippen molar-refractivity contribution in [2.24, 2.45) is 11.3 Å². The van der Waals surface area contributed by atoms with E-state index in [-0.39, 0.29) is 16.6 Å². The predicted molar refractivity (Wildman–Crippen MR) is 83.4 cm³/mol. The summed E-state index contributed by atoms with van der Waals surface area (Å²) in [5.41, 5.74) is -0.839. The normalized spacial score (nSPS) is 28.1. The van der Waals surface area contributed by atoms with E-state index in [1.165, 1.54) is 12.8 Å². The van der Waals surface area contributed by atoms with Crippen LogP contribution in [-0.4, -0.2) is 17.5 Å². The number of hydrogen-bond donors (Lipinski definition) is 0. The van der Waals surface area contributed by atoms with Crippen molar-refractivity contribution in [2.75, 3.05) is 0 Å². The summed E-state index contributed by atoms with van der Waals surface area (Å²) in [6.45, 7) is 16.2. The summed E-state index contributed by atoms with van der Waals surface area (Å²) >= 11 is 0. The van der Waals surface area contributed by atoms with Crippen LogP contribution in [0.3, 0.4) is 0 Å². The topological polar surface area (TPSA) is 36.9 Å². The second kappa shape index (κ2) is 6.95. The Labute approximate surface area is 130 Å². The van der Waals surface area contributed by atoms with Crippen LogP contribution in [0.25, 0.3) is 0 Å². The summed E-state index contributed by atoms with van der Waals surface area (Å²) < 4.78 is 0. The molecule has 4 heteroatoms. The van der Waals surface area contributed by atoms with Crippen LogP contribution in [0.5, 0.6) is 0 Å². The average Bonchev–Trinajstić information content (AvgIpc) is 2.24. The molecule has 0 N–H and O–H groups in total. The van der Waals surface area contributed by atoms with E-state index < -0.39 is 6.29 Å². The molecule has 2 unspecified atom stereocenters. The van der Waals surface area contributed by atoms with E-state index in [0.717, 1.165) is 12.8 Å². The Kier molecular flexibility index (Phi) is 6.25. The minimum absolute atomic E-state index is 0.0891. The maximum absolute atomic E-state index is 5.65. The van der Waals surface area contributed by atoms with Gasteiger partial charge in [-0.05, 0) is 60.3 Å². The van der Waals surface area contributed by atoms with Crippen LogP contribution in [0.15, 0.2) is 0 Å². The maximum Gasteiger partial charge on any atom is 0.229 e. The molecule has 0 bridgehead atoms. The molecule has 0 aromatic heterocycles. The third-order valence-corrected chi connectivity index (χ3v) is 3.60. The maximum atomic E-state index is 5.65. The zero-order chi connectivity index (χ0) is 16.3. The molecule has 1 saturated carbocycles. The van der Waals surface area contributed by atoms with Crippen molar-refractivity contribution in [1.29, 1.82) is 0 Å². The molecule has 1 aliphatic carbocycles. The zero-order valence-corrected chi connectivity index (χ0v) is 15.1. The fraction of sp³-hybridized carbons (Fsp3) is 1.00. The van der Waals surface area contributed by atoms with E-state index in [1.54, 1.807) is 0 Å². The van der Waals surface area contributed by atoms with Gasteiger partial charge in [0, 0.05) is 5.41 Å². The van der Waals surface area contributed by atoms with Crippen LogP contribution in [0.2, 0.25) is 0 Å². The second-order valence-corrected chi connectivity index (χ2v) is 8.77. The average molecular weight is 302 g/mol. The fourth-order valence-electron chi connectivity index (χ4n) is 2.69. The molecular weight excluding hydrogens is 268 g/mol. The zero-order valence-electron chi connectivity index (χ0n) is 15.1. The van der Waals surface area contributed by atoms with Gasteiger partial charge in [0.05, 0.1) is 11.2 Å². The quantitative estimate of drug-likeness (QED) is 0.406. The van der Waals surface area contributed by atoms with Gasteiger partial charge in [0.25, 0.3) is 0 Å². The molecule has 2 atom stereocenters. The largest absolute Gasteiger partial charge is 0.229 e. The molecule has 0 aliphatic heterocycles. The van der Waals surface area contributed by atoms with Gasteiger partial charge < -0.3 is 0 Å². The van der Waals surface area contributed by atoms with Gasteiger partial charge in [-0.15, -0.1) is 0 Å². The van der Waals surface area contributed by atoms with Gasteiger partial charge in [-0.2, -0.15) is 0 Å². The van der Waals surface area contributed by atoms with Crippen LogP contribution in [0.1, 0.15) is 81.1 Å². The lowest BCUT2D eigenvalue weighted by Crippen LogP contribution is -2.43. The van der Waals surface area contributed by atoms with Gasteiger partial charge >= 0.3 is 0 Å². The summed E-state index contributed by atoms with van der Waals surface area (Å²) in [5.74, 6) is 0.669. The first kappa shape index (κ1) is 18.9. The SMILES string of the molecule is CC1CCCC(C)(C(OOC(C)(C)C)OOC(C)(C)C)C1. The molecule has 0 heterocycles. The van der Waals surface area contributed by atoms with E-state index in [1.807, 2.05) is 41.5 Å².